The van der Waals surface area contributed by atoms with Crippen molar-refractivity contribution in [3.63, 3.8) is 0 Å². The van der Waals surface area contributed by atoms with Gasteiger partial charge in [-0.15, -0.1) is 11.3 Å². The van der Waals surface area contributed by atoms with Crippen molar-refractivity contribution in [2.45, 2.75) is 31.4 Å². The number of fused-ring (bicyclic) bond motifs is 1. The number of likely N-dealkylation sites (N-methyl/N-ethyl adjacent to an activating group) is 1. The predicted octanol–water partition coefficient (Wildman–Crippen LogP) is 2.81. The highest BCUT2D eigenvalue weighted by Gasteiger charge is 2.24. The molecule has 1 aromatic heterocycles. The van der Waals surface area contributed by atoms with E-state index in [9.17, 15) is 0 Å². The average molecular weight is 345 g/mol. The smallest absolute Gasteiger partial charge is 0.0826 e. The summed E-state index contributed by atoms with van der Waals surface area (Å²) in [7, 11) is 2.17. The molecule has 1 N–H and O–H groups in total. The van der Waals surface area contributed by atoms with Gasteiger partial charge in [0, 0.05) is 30.6 Å². The van der Waals surface area contributed by atoms with E-state index < -0.39 is 0 Å². The molecular weight excluding hydrogens is 324 g/mol. The third-order valence-electron chi connectivity index (χ3n) is 4.02. The van der Waals surface area contributed by atoms with Gasteiger partial charge >= 0.3 is 0 Å². The molecule has 2 atom stereocenters. The largest absolute Gasteiger partial charge is 0.374 e. The Bertz CT molecular complexity index is 437. The van der Waals surface area contributed by atoms with Crippen LogP contribution in [0.1, 0.15) is 29.3 Å². The van der Waals surface area contributed by atoms with Crippen LogP contribution >= 0.6 is 27.3 Å². The van der Waals surface area contributed by atoms with E-state index in [2.05, 4.69) is 39.3 Å². The summed E-state index contributed by atoms with van der Waals surface area (Å²) < 4.78 is 7.09. The van der Waals surface area contributed by atoms with Crippen molar-refractivity contribution in [3.05, 3.63) is 20.3 Å². The Morgan fingerprint density at radius 1 is 1.58 bits per heavy atom. The molecular formula is C14H21BrN2OS. The molecule has 0 amide bonds. The highest BCUT2D eigenvalue weighted by atomic mass is 79.9. The van der Waals surface area contributed by atoms with Crippen LogP contribution in [0.25, 0.3) is 0 Å². The number of morpholine rings is 1. The summed E-state index contributed by atoms with van der Waals surface area (Å²) in [4.78, 5) is 3.90. The maximum absolute atomic E-state index is 5.82. The molecule has 0 radical (unpaired) electrons. The van der Waals surface area contributed by atoms with Gasteiger partial charge in [0.1, 0.15) is 0 Å². The third-order valence-corrected chi connectivity index (χ3v) is 5.73. The summed E-state index contributed by atoms with van der Waals surface area (Å²) in [6.45, 7) is 3.92. The van der Waals surface area contributed by atoms with Crippen LogP contribution in [-0.4, -0.2) is 44.3 Å². The Balaban J connectivity index is 1.58. The normalized spacial score (nSPS) is 28.3. The topological polar surface area (TPSA) is 24.5 Å². The van der Waals surface area contributed by atoms with Crippen LogP contribution in [0.4, 0.5) is 0 Å². The van der Waals surface area contributed by atoms with Gasteiger partial charge in [-0.05, 0) is 53.9 Å². The zero-order chi connectivity index (χ0) is 13.2. The van der Waals surface area contributed by atoms with Crippen molar-refractivity contribution < 1.29 is 4.74 Å². The molecule has 2 heterocycles. The molecule has 0 aromatic carbocycles. The second-order valence-corrected chi connectivity index (χ2v) is 8.05. The molecule has 2 unspecified atom stereocenters. The van der Waals surface area contributed by atoms with Gasteiger partial charge in [-0.1, -0.05) is 0 Å². The first-order valence-corrected chi connectivity index (χ1v) is 8.65. The monoisotopic (exact) mass is 344 g/mol. The summed E-state index contributed by atoms with van der Waals surface area (Å²) in [6, 6.07) is 2.81. The lowest BCUT2D eigenvalue weighted by Gasteiger charge is -2.32. The number of aryl methyl sites for hydroxylation is 1. The maximum atomic E-state index is 5.82. The molecule has 2 aliphatic rings. The minimum absolute atomic E-state index is 0.339. The van der Waals surface area contributed by atoms with Crippen LogP contribution in [0.5, 0.6) is 0 Å². The summed E-state index contributed by atoms with van der Waals surface area (Å²) in [5.41, 5.74) is 1.51. The summed E-state index contributed by atoms with van der Waals surface area (Å²) >= 11 is 5.51. The molecule has 1 aromatic rings. The van der Waals surface area contributed by atoms with E-state index in [0.717, 1.165) is 26.2 Å². The van der Waals surface area contributed by atoms with E-state index in [-0.39, 0.29) is 0 Å². The van der Waals surface area contributed by atoms with Crippen LogP contribution in [0, 0.1) is 0 Å². The van der Waals surface area contributed by atoms with Crippen molar-refractivity contribution in [2.75, 3.05) is 33.3 Å². The lowest BCUT2D eigenvalue weighted by molar-refractivity contribution is -0.0195. The molecule has 1 aliphatic carbocycles. The predicted molar refractivity (Wildman–Crippen MR) is 82.9 cm³/mol. The van der Waals surface area contributed by atoms with Crippen molar-refractivity contribution in [1.29, 1.82) is 0 Å². The Kier molecular flexibility index (Phi) is 4.59. The minimum atomic E-state index is 0.339. The van der Waals surface area contributed by atoms with Gasteiger partial charge in [0.2, 0.25) is 0 Å². The molecule has 5 heteroatoms. The lowest BCUT2D eigenvalue weighted by Crippen LogP contribution is -2.45. The van der Waals surface area contributed by atoms with Gasteiger partial charge in [-0.2, -0.15) is 0 Å². The average Bonchev–Trinajstić information content (AvgIpc) is 2.77. The number of nitrogens with zero attached hydrogens (tertiary/aromatic N) is 1. The standard InChI is InChI=1S/C14H21BrN2OS/c1-17-5-6-18-10(9-17)8-16-12-3-2-4-13-11(12)7-14(15)19-13/h7,10,12,16H,2-6,8-9H2,1H3. The first-order chi connectivity index (χ1) is 9.22. The quantitative estimate of drug-likeness (QED) is 0.912. The van der Waals surface area contributed by atoms with E-state index in [1.54, 1.807) is 4.88 Å². The van der Waals surface area contributed by atoms with Gasteiger partial charge in [-0.25, -0.2) is 0 Å². The van der Waals surface area contributed by atoms with Crippen LogP contribution < -0.4 is 5.32 Å². The number of thiophene rings is 1. The molecule has 106 valence electrons. The summed E-state index contributed by atoms with van der Waals surface area (Å²) in [5.74, 6) is 0. The maximum Gasteiger partial charge on any atom is 0.0826 e. The van der Waals surface area contributed by atoms with Gasteiger partial charge in [0.05, 0.1) is 16.5 Å². The van der Waals surface area contributed by atoms with Crippen molar-refractivity contribution >= 4 is 27.3 Å². The third kappa shape index (κ3) is 3.39. The fourth-order valence-corrected chi connectivity index (χ4v) is 4.82. The Hall–Kier alpha value is 0.0600. The SMILES string of the molecule is CN1CCOC(CNC2CCCc3sc(Br)cc32)C1. The zero-order valence-corrected chi connectivity index (χ0v) is 13.7. The molecule has 3 rings (SSSR count). The van der Waals surface area contributed by atoms with Gasteiger partial charge in [-0.3, -0.25) is 0 Å². The van der Waals surface area contributed by atoms with E-state index in [1.807, 2.05) is 11.3 Å². The van der Waals surface area contributed by atoms with Gasteiger partial charge in [0.25, 0.3) is 0 Å². The molecule has 1 aliphatic heterocycles. The first kappa shape index (κ1) is 14.0. The van der Waals surface area contributed by atoms with Crippen LogP contribution in [-0.2, 0) is 11.2 Å². The molecule has 0 spiro atoms. The van der Waals surface area contributed by atoms with Gasteiger partial charge < -0.3 is 15.0 Å². The highest BCUT2D eigenvalue weighted by molar-refractivity contribution is 9.11. The summed E-state index contributed by atoms with van der Waals surface area (Å²) in [6.07, 6.45) is 4.13. The number of rotatable bonds is 3. The second kappa shape index (κ2) is 6.22. The number of halogens is 1. The minimum Gasteiger partial charge on any atom is -0.374 e. The van der Waals surface area contributed by atoms with E-state index >= 15 is 0 Å². The van der Waals surface area contributed by atoms with E-state index in [4.69, 9.17) is 4.74 Å². The van der Waals surface area contributed by atoms with Crippen LogP contribution in [0.2, 0.25) is 0 Å². The van der Waals surface area contributed by atoms with E-state index in [0.29, 0.717) is 12.1 Å². The van der Waals surface area contributed by atoms with Crippen LogP contribution in [0.15, 0.2) is 9.85 Å². The number of hydrogen-bond acceptors (Lipinski definition) is 4. The van der Waals surface area contributed by atoms with Crippen LogP contribution in [0.3, 0.4) is 0 Å². The first-order valence-electron chi connectivity index (χ1n) is 7.04. The zero-order valence-electron chi connectivity index (χ0n) is 11.3. The molecule has 19 heavy (non-hydrogen) atoms. The van der Waals surface area contributed by atoms with E-state index in [1.165, 1.54) is 28.6 Å². The molecule has 1 fully saturated rings. The van der Waals surface area contributed by atoms with Crippen molar-refractivity contribution in [2.24, 2.45) is 0 Å². The number of ether oxygens (including phenoxy) is 1. The lowest BCUT2D eigenvalue weighted by atomic mass is 9.94. The Morgan fingerprint density at radius 3 is 3.32 bits per heavy atom. The molecule has 3 nitrogen and oxygen atoms in total. The number of hydrogen-bond donors (Lipinski definition) is 1. The Labute approximate surface area is 127 Å². The molecule has 0 saturated carbocycles. The molecule has 1 saturated heterocycles. The second-order valence-electron chi connectivity index (χ2n) is 5.54. The summed E-state index contributed by atoms with van der Waals surface area (Å²) in [5, 5.41) is 3.72. The van der Waals surface area contributed by atoms with Crippen molar-refractivity contribution in [3.8, 4) is 0 Å². The fraction of sp³-hybridized carbons (Fsp3) is 0.714. The van der Waals surface area contributed by atoms with Crippen molar-refractivity contribution in [1.82, 2.24) is 10.2 Å². The Morgan fingerprint density at radius 2 is 2.47 bits per heavy atom. The van der Waals surface area contributed by atoms with Gasteiger partial charge in [0.15, 0.2) is 0 Å². The highest BCUT2D eigenvalue weighted by Crippen LogP contribution is 2.37. The molecule has 0 bridgehead atoms. The fourth-order valence-electron chi connectivity index (χ4n) is 3.00. The number of nitrogens with one attached hydrogen (secondary N) is 1.